The van der Waals surface area contributed by atoms with E-state index in [1.54, 1.807) is 24.4 Å². The highest BCUT2D eigenvalue weighted by Gasteiger charge is 2.16. The van der Waals surface area contributed by atoms with Gasteiger partial charge in [-0.3, -0.25) is 4.98 Å². The lowest BCUT2D eigenvalue weighted by molar-refractivity contribution is 0.302. The number of nitrogens with one attached hydrogen (secondary N) is 1. The molecule has 19 heavy (non-hydrogen) atoms. The number of rotatable bonds is 0. The zero-order valence-corrected chi connectivity index (χ0v) is 10.8. The molecular weight excluding hydrogens is 247 g/mol. The Kier molecular flexibility index (Phi) is 4.30. The van der Waals surface area contributed by atoms with E-state index < -0.39 is 0 Å². The fourth-order valence-electron chi connectivity index (χ4n) is 1.57. The van der Waals surface area contributed by atoms with Crippen molar-refractivity contribution >= 4 is 0 Å². The minimum atomic E-state index is -0.352. The van der Waals surface area contributed by atoms with E-state index in [0.717, 1.165) is 0 Å². The number of hydrogen-bond acceptors (Lipinski definition) is 4. The zero-order valence-electron chi connectivity index (χ0n) is 10.8. The van der Waals surface area contributed by atoms with Crippen LogP contribution >= 0.6 is 0 Å². The Labute approximate surface area is 111 Å². The standard InChI is InChI=1S/C12H8FNO2.C2H7N/c13-8-3-4-11-12(6-8)16-10-2-1-5-14-9(10)7-15-11;1-3-2/h1-6H,7H2;3H,1-2H3. The zero-order chi connectivity index (χ0) is 13.7. The van der Waals surface area contributed by atoms with E-state index in [1.807, 2.05) is 14.1 Å². The lowest BCUT2D eigenvalue weighted by atomic mass is 10.3. The normalized spacial score (nSPS) is 11.7. The van der Waals surface area contributed by atoms with E-state index in [4.69, 9.17) is 9.47 Å². The third kappa shape index (κ3) is 3.20. The summed E-state index contributed by atoms with van der Waals surface area (Å²) in [6.07, 6.45) is 1.67. The third-order valence-corrected chi connectivity index (χ3v) is 2.34. The molecule has 0 radical (unpaired) electrons. The second kappa shape index (κ2) is 6.15. The van der Waals surface area contributed by atoms with E-state index in [1.165, 1.54) is 12.1 Å². The van der Waals surface area contributed by atoms with Crippen molar-refractivity contribution in [2.24, 2.45) is 0 Å². The smallest absolute Gasteiger partial charge is 0.172 e. The van der Waals surface area contributed by atoms with Gasteiger partial charge in [-0.15, -0.1) is 0 Å². The average Bonchev–Trinajstić information content (AvgIpc) is 2.58. The Bertz CT molecular complexity index is 561. The number of ether oxygens (including phenoxy) is 2. The number of aromatic nitrogens is 1. The number of benzene rings is 1. The molecule has 1 aliphatic rings. The molecule has 0 spiro atoms. The van der Waals surface area contributed by atoms with Gasteiger partial charge in [-0.2, -0.15) is 0 Å². The molecule has 1 aromatic heterocycles. The molecule has 3 rings (SSSR count). The van der Waals surface area contributed by atoms with Gasteiger partial charge in [0.25, 0.3) is 0 Å². The van der Waals surface area contributed by atoms with Crippen LogP contribution in [0.25, 0.3) is 0 Å². The van der Waals surface area contributed by atoms with Gasteiger partial charge < -0.3 is 14.8 Å². The molecule has 2 heterocycles. The lowest BCUT2D eigenvalue weighted by Crippen LogP contribution is -1.95. The predicted octanol–water partition coefficient (Wildman–Crippen LogP) is 2.74. The molecular formula is C14H15FN2O2. The van der Waals surface area contributed by atoms with Crippen LogP contribution in [-0.2, 0) is 6.61 Å². The highest BCUT2D eigenvalue weighted by molar-refractivity contribution is 5.45. The largest absolute Gasteiger partial charge is 0.483 e. The van der Waals surface area contributed by atoms with Crippen molar-refractivity contribution in [3.63, 3.8) is 0 Å². The Balaban J connectivity index is 0.000000408. The number of pyridine rings is 1. The van der Waals surface area contributed by atoms with E-state index in [2.05, 4.69) is 10.3 Å². The molecule has 1 aromatic carbocycles. The van der Waals surface area contributed by atoms with E-state index in [0.29, 0.717) is 29.5 Å². The van der Waals surface area contributed by atoms with Crippen LogP contribution in [0.1, 0.15) is 5.69 Å². The molecule has 0 saturated heterocycles. The molecule has 1 N–H and O–H groups in total. The molecule has 5 heteroatoms. The minimum absolute atomic E-state index is 0.328. The Morgan fingerprint density at radius 1 is 1.16 bits per heavy atom. The summed E-state index contributed by atoms with van der Waals surface area (Å²) in [5, 5.41) is 2.75. The van der Waals surface area contributed by atoms with Gasteiger partial charge in [0, 0.05) is 12.3 Å². The average molecular weight is 262 g/mol. The summed E-state index contributed by atoms with van der Waals surface area (Å²) >= 11 is 0. The summed E-state index contributed by atoms with van der Waals surface area (Å²) in [6, 6.07) is 7.74. The van der Waals surface area contributed by atoms with Crippen molar-refractivity contribution in [2.45, 2.75) is 6.61 Å². The summed E-state index contributed by atoms with van der Waals surface area (Å²) in [5.41, 5.74) is 0.708. The van der Waals surface area contributed by atoms with Crippen LogP contribution in [0.4, 0.5) is 4.39 Å². The Morgan fingerprint density at radius 3 is 2.74 bits per heavy atom. The first-order chi connectivity index (χ1) is 9.24. The second-order valence-corrected chi connectivity index (χ2v) is 3.93. The van der Waals surface area contributed by atoms with Crippen molar-refractivity contribution in [3.05, 3.63) is 48.0 Å². The summed E-state index contributed by atoms with van der Waals surface area (Å²) < 4.78 is 24.1. The molecule has 0 fully saturated rings. The fourth-order valence-corrected chi connectivity index (χ4v) is 1.57. The molecule has 0 bridgehead atoms. The van der Waals surface area contributed by atoms with Crippen molar-refractivity contribution < 1.29 is 13.9 Å². The van der Waals surface area contributed by atoms with Gasteiger partial charge >= 0.3 is 0 Å². The Hall–Kier alpha value is -2.14. The van der Waals surface area contributed by atoms with Gasteiger partial charge in [0.1, 0.15) is 18.1 Å². The summed E-state index contributed by atoms with van der Waals surface area (Å²) in [6.45, 7) is 0.328. The van der Waals surface area contributed by atoms with Crippen LogP contribution in [-0.4, -0.2) is 19.1 Å². The van der Waals surface area contributed by atoms with Crippen LogP contribution in [0.15, 0.2) is 36.5 Å². The van der Waals surface area contributed by atoms with Gasteiger partial charge in [0.05, 0.1) is 0 Å². The molecule has 0 unspecified atom stereocenters. The molecule has 100 valence electrons. The number of hydrogen-bond donors (Lipinski definition) is 1. The van der Waals surface area contributed by atoms with Crippen LogP contribution in [0.5, 0.6) is 17.2 Å². The van der Waals surface area contributed by atoms with Crippen molar-refractivity contribution in [2.75, 3.05) is 14.1 Å². The maximum Gasteiger partial charge on any atom is 0.172 e. The monoisotopic (exact) mass is 262 g/mol. The number of halogens is 1. The molecule has 0 amide bonds. The third-order valence-electron chi connectivity index (χ3n) is 2.34. The molecule has 0 aliphatic carbocycles. The van der Waals surface area contributed by atoms with Crippen molar-refractivity contribution in [1.29, 1.82) is 0 Å². The first kappa shape index (κ1) is 13.3. The van der Waals surface area contributed by atoms with Crippen LogP contribution in [0.2, 0.25) is 0 Å². The molecule has 1 aliphatic heterocycles. The van der Waals surface area contributed by atoms with E-state index >= 15 is 0 Å². The molecule has 0 saturated carbocycles. The lowest BCUT2D eigenvalue weighted by Gasteiger charge is -2.06. The molecule has 2 aromatic rings. The quantitative estimate of drug-likeness (QED) is 0.792. The highest BCUT2D eigenvalue weighted by atomic mass is 19.1. The molecule has 0 atom stereocenters. The van der Waals surface area contributed by atoms with Crippen molar-refractivity contribution in [1.82, 2.24) is 10.3 Å². The van der Waals surface area contributed by atoms with Gasteiger partial charge in [0.15, 0.2) is 17.2 Å². The first-order valence-corrected chi connectivity index (χ1v) is 5.87. The van der Waals surface area contributed by atoms with Crippen LogP contribution in [0.3, 0.4) is 0 Å². The summed E-state index contributed by atoms with van der Waals surface area (Å²) in [4.78, 5) is 4.14. The van der Waals surface area contributed by atoms with Gasteiger partial charge in [-0.25, -0.2) is 4.39 Å². The Morgan fingerprint density at radius 2 is 1.95 bits per heavy atom. The van der Waals surface area contributed by atoms with Gasteiger partial charge in [-0.05, 0) is 38.4 Å². The topological polar surface area (TPSA) is 43.4 Å². The number of nitrogens with zero attached hydrogens (tertiary/aromatic N) is 1. The summed E-state index contributed by atoms with van der Waals surface area (Å²) in [7, 11) is 3.75. The van der Waals surface area contributed by atoms with E-state index in [-0.39, 0.29) is 5.82 Å². The predicted molar refractivity (Wildman–Crippen MR) is 70.0 cm³/mol. The van der Waals surface area contributed by atoms with Gasteiger partial charge in [0.2, 0.25) is 0 Å². The maximum absolute atomic E-state index is 13.1. The first-order valence-electron chi connectivity index (χ1n) is 5.87. The fraction of sp³-hybridized carbons (Fsp3) is 0.214. The van der Waals surface area contributed by atoms with Crippen molar-refractivity contribution in [3.8, 4) is 17.2 Å². The van der Waals surface area contributed by atoms with Gasteiger partial charge in [-0.1, -0.05) is 0 Å². The minimum Gasteiger partial charge on any atom is -0.483 e. The molecule has 4 nitrogen and oxygen atoms in total. The highest BCUT2D eigenvalue weighted by Crippen LogP contribution is 2.36. The SMILES string of the molecule is CNC.Fc1ccc2c(c1)Oc1cccnc1CO2. The number of fused-ring (bicyclic) bond motifs is 2. The summed E-state index contributed by atoms with van der Waals surface area (Å²) in [5.74, 6) is 1.16. The van der Waals surface area contributed by atoms with E-state index in [9.17, 15) is 4.39 Å². The second-order valence-electron chi connectivity index (χ2n) is 3.93. The maximum atomic E-state index is 13.1. The van der Waals surface area contributed by atoms with Crippen LogP contribution in [0, 0.1) is 5.82 Å². The van der Waals surface area contributed by atoms with Crippen LogP contribution < -0.4 is 14.8 Å².